The number of amides is 2. The number of carbonyl (C=O) groups is 1. The third-order valence-corrected chi connectivity index (χ3v) is 5.86. The molecule has 2 amide bonds. The van der Waals surface area contributed by atoms with Gasteiger partial charge in [0.05, 0.1) is 13.1 Å². The van der Waals surface area contributed by atoms with Crippen molar-refractivity contribution in [1.82, 2.24) is 14.7 Å². The van der Waals surface area contributed by atoms with E-state index in [1.807, 2.05) is 9.80 Å². The highest BCUT2D eigenvalue weighted by atomic mass is 19.3. The van der Waals surface area contributed by atoms with Crippen LogP contribution in [0.1, 0.15) is 25.7 Å². The smallest absolute Gasteiger partial charge is 0.387 e. The van der Waals surface area contributed by atoms with Gasteiger partial charge in [-0.1, -0.05) is 6.42 Å². The Morgan fingerprint density at radius 3 is 2.29 bits per heavy atom. The maximum Gasteiger partial charge on any atom is 0.387 e. The van der Waals surface area contributed by atoms with E-state index < -0.39 is 6.61 Å². The van der Waals surface area contributed by atoms with Crippen LogP contribution in [-0.2, 0) is 0 Å². The molecule has 2 aliphatic heterocycles. The molecule has 1 saturated carbocycles. The standard InChI is InChI=1S/C20H27F2N3O3/c21-19(22)28-17-7-5-16(6-8-17)27-18-13-25(14-18)20(26)24-10-2-9-23(11-12-24)15-3-1-4-15/h5-8,15,18-19H,1-4,9-14H2. The lowest BCUT2D eigenvalue weighted by Gasteiger charge is -2.41. The average Bonchev–Trinajstić information content (AvgIpc) is 2.83. The lowest BCUT2D eigenvalue weighted by molar-refractivity contribution is -0.0499. The van der Waals surface area contributed by atoms with Gasteiger partial charge in [0.25, 0.3) is 0 Å². The Morgan fingerprint density at radius 2 is 1.64 bits per heavy atom. The van der Waals surface area contributed by atoms with Crippen LogP contribution in [0, 0.1) is 0 Å². The molecule has 0 N–H and O–H groups in total. The number of likely N-dealkylation sites (tertiary alicyclic amines) is 1. The maximum absolute atomic E-state index is 12.7. The second-order valence-corrected chi connectivity index (χ2v) is 7.74. The molecule has 28 heavy (non-hydrogen) atoms. The highest BCUT2D eigenvalue weighted by Gasteiger charge is 2.36. The summed E-state index contributed by atoms with van der Waals surface area (Å²) in [6.45, 7) is 1.94. The fourth-order valence-corrected chi connectivity index (χ4v) is 4.01. The van der Waals surface area contributed by atoms with Crippen molar-refractivity contribution >= 4 is 6.03 Å². The summed E-state index contributed by atoms with van der Waals surface area (Å²) in [6.07, 6.45) is 4.90. The van der Waals surface area contributed by atoms with Crippen molar-refractivity contribution in [2.45, 2.75) is 44.4 Å². The molecule has 1 aliphatic carbocycles. The van der Waals surface area contributed by atoms with E-state index >= 15 is 0 Å². The number of ether oxygens (including phenoxy) is 2. The zero-order valence-corrected chi connectivity index (χ0v) is 15.9. The average molecular weight is 395 g/mol. The molecular formula is C20H27F2N3O3. The van der Waals surface area contributed by atoms with Crippen LogP contribution in [-0.4, -0.2) is 78.8 Å². The molecule has 6 nitrogen and oxygen atoms in total. The first-order valence-corrected chi connectivity index (χ1v) is 10.1. The van der Waals surface area contributed by atoms with Gasteiger partial charge in [0.2, 0.25) is 0 Å². The number of rotatable bonds is 5. The van der Waals surface area contributed by atoms with Crippen molar-refractivity contribution in [3.63, 3.8) is 0 Å². The fraction of sp³-hybridized carbons (Fsp3) is 0.650. The van der Waals surface area contributed by atoms with Crippen LogP contribution in [0.5, 0.6) is 11.5 Å². The summed E-state index contributed by atoms with van der Waals surface area (Å²) in [5.74, 6) is 0.689. The van der Waals surface area contributed by atoms with E-state index in [4.69, 9.17) is 4.74 Å². The van der Waals surface area contributed by atoms with E-state index in [0.717, 1.165) is 38.6 Å². The van der Waals surface area contributed by atoms with E-state index in [2.05, 4.69) is 9.64 Å². The molecule has 2 saturated heterocycles. The number of urea groups is 1. The van der Waals surface area contributed by atoms with Crippen LogP contribution >= 0.6 is 0 Å². The van der Waals surface area contributed by atoms with E-state index in [1.54, 1.807) is 12.1 Å². The van der Waals surface area contributed by atoms with E-state index in [9.17, 15) is 13.6 Å². The van der Waals surface area contributed by atoms with Gasteiger partial charge in [-0.25, -0.2) is 4.79 Å². The summed E-state index contributed by atoms with van der Waals surface area (Å²) in [5.41, 5.74) is 0. The Hall–Kier alpha value is -2.09. The monoisotopic (exact) mass is 395 g/mol. The molecule has 0 atom stereocenters. The second kappa shape index (κ2) is 8.51. The number of nitrogens with zero attached hydrogens (tertiary/aromatic N) is 3. The Morgan fingerprint density at radius 1 is 0.929 bits per heavy atom. The van der Waals surface area contributed by atoms with Gasteiger partial charge in [0, 0.05) is 32.2 Å². The van der Waals surface area contributed by atoms with Crippen LogP contribution in [0.25, 0.3) is 0 Å². The van der Waals surface area contributed by atoms with Gasteiger partial charge in [0.15, 0.2) is 0 Å². The molecule has 8 heteroatoms. The number of benzene rings is 1. The van der Waals surface area contributed by atoms with Gasteiger partial charge in [-0.2, -0.15) is 8.78 Å². The molecule has 1 aromatic carbocycles. The molecule has 0 radical (unpaired) electrons. The zero-order chi connectivity index (χ0) is 19.5. The van der Waals surface area contributed by atoms with Crippen LogP contribution in [0.4, 0.5) is 13.6 Å². The normalized spacial score (nSPS) is 21.8. The first-order valence-electron chi connectivity index (χ1n) is 10.1. The summed E-state index contributed by atoms with van der Waals surface area (Å²) in [7, 11) is 0. The van der Waals surface area contributed by atoms with Crippen LogP contribution in [0.3, 0.4) is 0 Å². The first-order chi connectivity index (χ1) is 13.6. The topological polar surface area (TPSA) is 45.3 Å². The van der Waals surface area contributed by atoms with Crippen molar-refractivity contribution in [2.75, 3.05) is 39.3 Å². The van der Waals surface area contributed by atoms with Crippen LogP contribution < -0.4 is 9.47 Å². The van der Waals surface area contributed by atoms with Crippen LogP contribution in [0.2, 0.25) is 0 Å². The Bertz CT molecular complexity index is 663. The number of halogens is 2. The first kappa shape index (κ1) is 19.2. The van der Waals surface area contributed by atoms with Crippen molar-refractivity contribution < 1.29 is 23.0 Å². The number of alkyl halides is 2. The SMILES string of the molecule is O=C(N1CCCN(C2CCC2)CC1)N1CC(Oc2ccc(OC(F)F)cc2)C1. The van der Waals surface area contributed by atoms with Gasteiger partial charge in [0.1, 0.15) is 17.6 Å². The summed E-state index contributed by atoms with van der Waals surface area (Å²) < 4.78 is 34.5. The Balaban J connectivity index is 1.20. The van der Waals surface area contributed by atoms with Gasteiger partial charge in [-0.15, -0.1) is 0 Å². The summed E-state index contributed by atoms with van der Waals surface area (Å²) in [4.78, 5) is 19.1. The molecule has 0 bridgehead atoms. The van der Waals surface area contributed by atoms with Crippen molar-refractivity contribution in [2.24, 2.45) is 0 Å². The van der Waals surface area contributed by atoms with Gasteiger partial charge in [-0.3, -0.25) is 4.90 Å². The van der Waals surface area contributed by atoms with Gasteiger partial charge < -0.3 is 19.3 Å². The third-order valence-electron chi connectivity index (χ3n) is 5.86. The number of carbonyl (C=O) groups excluding carboxylic acids is 1. The van der Waals surface area contributed by atoms with E-state index in [1.165, 1.54) is 31.4 Å². The highest BCUT2D eigenvalue weighted by Crippen LogP contribution is 2.26. The Labute approximate surface area is 164 Å². The Kier molecular flexibility index (Phi) is 5.85. The minimum atomic E-state index is -2.84. The fourth-order valence-electron chi connectivity index (χ4n) is 4.01. The number of hydrogen-bond donors (Lipinski definition) is 0. The molecule has 1 aromatic rings. The predicted molar refractivity (Wildman–Crippen MR) is 99.9 cm³/mol. The summed E-state index contributed by atoms with van der Waals surface area (Å²) in [6, 6.07) is 6.94. The minimum Gasteiger partial charge on any atom is -0.487 e. The van der Waals surface area contributed by atoms with Crippen molar-refractivity contribution in [1.29, 1.82) is 0 Å². The molecule has 2 heterocycles. The van der Waals surface area contributed by atoms with Gasteiger partial charge in [-0.05, 0) is 43.5 Å². The maximum atomic E-state index is 12.7. The predicted octanol–water partition coefficient (Wildman–Crippen LogP) is 3.03. The molecule has 0 unspecified atom stereocenters. The summed E-state index contributed by atoms with van der Waals surface area (Å²) >= 11 is 0. The molecule has 154 valence electrons. The van der Waals surface area contributed by atoms with Crippen molar-refractivity contribution in [3.05, 3.63) is 24.3 Å². The molecule has 4 rings (SSSR count). The largest absolute Gasteiger partial charge is 0.487 e. The minimum absolute atomic E-state index is 0.0655. The molecule has 3 fully saturated rings. The van der Waals surface area contributed by atoms with E-state index in [-0.39, 0.29) is 17.9 Å². The molecular weight excluding hydrogens is 368 g/mol. The van der Waals surface area contributed by atoms with Crippen LogP contribution in [0.15, 0.2) is 24.3 Å². The van der Waals surface area contributed by atoms with Crippen molar-refractivity contribution in [3.8, 4) is 11.5 Å². The summed E-state index contributed by atoms with van der Waals surface area (Å²) in [5, 5.41) is 0. The molecule has 3 aliphatic rings. The zero-order valence-electron chi connectivity index (χ0n) is 15.9. The van der Waals surface area contributed by atoms with Gasteiger partial charge >= 0.3 is 12.6 Å². The molecule has 0 aromatic heterocycles. The second-order valence-electron chi connectivity index (χ2n) is 7.74. The lowest BCUT2D eigenvalue weighted by Crippen LogP contribution is -2.60. The lowest BCUT2D eigenvalue weighted by atomic mass is 9.91. The van der Waals surface area contributed by atoms with E-state index in [0.29, 0.717) is 18.8 Å². The third kappa shape index (κ3) is 4.48. The molecule has 0 spiro atoms. The quantitative estimate of drug-likeness (QED) is 0.769. The highest BCUT2D eigenvalue weighted by molar-refractivity contribution is 5.75. The number of hydrogen-bond acceptors (Lipinski definition) is 4.